The lowest BCUT2D eigenvalue weighted by Gasteiger charge is -2.17. The highest BCUT2D eigenvalue weighted by Crippen LogP contribution is 2.33. The maximum Gasteiger partial charge on any atom is 0.339 e. The van der Waals surface area contributed by atoms with Gasteiger partial charge in [0, 0.05) is 24.4 Å². The number of hydrogen-bond acceptors (Lipinski definition) is 5. The molecule has 2 aromatic rings. The van der Waals surface area contributed by atoms with Gasteiger partial charge in [0.2, 0.25) is 0 Å². The molecule has 0 fully saturated rings. The van der Waals surface area contributed by atoms with Gasteiger partial charge >= 0.3 is 5.97 Å². The lowest BCUT2D eigenvalue weighted by Crippen LogP contribution is -2.29. The summed E-state index contributed by atoms with van der Waals surface area (Å²) in [5.41, 5.74) is 3.20. The van der Waals surface area contributed by atoms with Crippen LogP contribution in [0.5, 0.6) is 0 Å². The molecule has 0 spiro atoms. The summed E-state index contributed by atoms with van der Waals surface area (Å²) in [5, 5.41) is 11.0. The summed E-state index contributed by atoms with van der Waals surface area (Å²) >= 11 is 0. The van der Waals surface area contributed by atoms with Crippen LogP contribution in [0, 0.1) is 17.0 Å². The van der Waals surface area contributed by atoms with Crippen LogP contribution < -0.4 is 4.90 Å². The van der Waals surface area contributed by atoms with E-state index >= 15 is 0 Å². The number of amides is 1. The molecule has 8 heteroatoms. The van der Waals surface area contributed by atoms with E-state index in [-0.39, 0.29) is 11.6 Å². The number of carbonyl (C=O) groups is 2. The van der Waals surface area contributed by atoms with Crippen LogP contribution in [0.2, 0.25) is 0 Å². The Labute approximate surface area is 149 Å². The van der Waals surface area contributed by atoms with E-state index in [1.165, 1.54) is 24.1 Å². The van der Waals surface area contributed by atoms with Crippen molar-refractivity contribution in [1.82, 2.24) is 4.98 Å². The number of H-pyrrole nitrogens is 1. The van der Waals surface area contributed by atoms with E-state index in [1.807, 2.05) is 6.92 Å². The van der Waals surface area contributed by atoms with Crippen LogP contribution in [0.25, 0.3) is 0 Å². The first-order chi connectivity index (χ1) is 12.4. The Balaban J connectivity index is 2.03. The Bertz CT molecular complexity index is 916. The number of fused-ring (bicyclic) bond motifs is 1. The van der Waals surface area contributed by atoms with Crippen molar-refractivity contribution in [3.05, 3.63) is 56.4 Å². The summed E-state index contributed by atoms with van der Waals surface area (Å²) in [7, 11) is 1.30. The number of aromatic nitrogens is 1. The van der Waals surface area contributed by atoms with Crippen LogP contribution in [0.3, 0.4) is 0 Å². The minimum atomic E-state index is -0.493. The Morgan fingerprint density at radius 3 is 2.73 bits per heavy atom. The van der Waals surface area contributed by atoms with Gasteiger partial charge in [-0.05, 0) is 30.9 Å². The molecule has 3 rings (SSSR count). The molecule has 0 bridgehead atoms. The second-order valence-corrected chi connectivity index (χ2v) is 6.10. The third-order valence-electron chi connectivity index (χ3n) is 4.70. The Morgan fingerprint density at radius 2 is 2.12 bits per heavy atom. The van der Waals surface area contributed by atoms with Gasteiger partial charge in [0.25, 0.3) is 11.6 Å². The van der Waals surface area contributed by atoms with Gasteiger partial charge in [0.15, 0.2) is 0 Å². The number of nitrogens with one attached hydrogen (secondary N) is 1. The first kappa shape index (κ1) is 17.7. The predicted octanol–water partition coefficient (Wildman–Crippen LogP) is 2.78. The van der Waals surface area contributed by atoms with E-state index in [0.717, 1.165) is 5.56 Å². The number of nitro benzene ring substituents is 1. The van der Waals surface area contributed by atoms with E-state index in [4.69, 9.17) is 4.74 Å². The largest absolute Gasteiger partial charge is 0.465 e. The second-order valence-electron chi connectivity index (χ2n) is 6.10. The molecular formula is C18H19N3O5. The lowest BCUT2D eigenvalue weighted by molar-refractivity contribution is -0.384. The molecule has 0 saturated carbocycles. The number of esters is 1. The normalized spacial score (nSPS) is 12.8. The first-order valence-electron chi connectivity index (χ1n) is 8.28. The highest BCUT2D eigenvalue weighted by Gasteiger charge is 2.31. The van der Waals surface area contributed by atoms with Crippen LogP contribution in [0.1, 0.15) is 44.6 Å². The monoisotopic (exact) mass is 357 g/mol. The van der Waals surface area contributed by atoms with Crippen molar-refractivity contribution in [2.24, 2.45) is 0 Å². The molecule has 1 amide bonds. The fourth-order valence-corrected chi connectivity index (χ4v) is 3.34. The van der Waals surface area contributed by atoms with Crippen LogP contribution in [-0.2, 0) is 17.6 Å². The SMILES string of the molecule is CCc1[nH]c(C(=O)N2CCc3ccc([N+](=O)[O-])cc32)c(C)c1C(=O)OC. The van der Waals surface area contributed by atoms with Gasteiger partial charge in [0.05, 0.1) is 23.3 Å². The van der Waals surface area contributed by atoms with E-state index in [2.05, 4.69) is 4.98 Å². The van der Waals surface area contributed by atoms with Gasteiger partial charge in [-0.3, -0.25) is 14.9 Å². The molecule has 1 N–H and O–H groups in total. The zero-order valence-corrected chi connectivity index (χ0v) is 14.8. The molecule has 0 atom stereocenters. The van der Waals surface area contributed by atoms with Crippen molar-refractivity contribution in [2.45, 2.75) is 26.7 Å². The first-order valence-corrected chi connectivity index (χ1v) is 8.28. The zero-order chi connectivity index (χ0) is 19.0. The third-order valence-corrected chi connectivity index (χ3v) is 4.70. The fraction of sp³-hybridized carbons (Fsp3) is 0.333. The van der Waals surface area contributed by atoms with Crippen molar-refractivity contribution in [3.63, 3.8) is 0 Å². The number of aromatic amines is 1. The number of benzene rings is 1. The summed E-state index contributed by atoms with van der Waals surface area (Å²) in [6, 6.07) is 4.54. The zero-order valence-electron chi connectivity index (χ0n) is 14.8. The van der Waals surface area contributed by atoms with Gasteiger partial charge in [-0.15, -0.1) is 0 Å². The number of ether oxygens (including phenoxy) is 1. The van der Waals surface area contributed by atoms with Crippen molar-refractivity contribution >= 4 is 23.3 Å². The maximum atomic E-state index is 13.1. The fourth-order valence-electron chi connectivity index (χ4n) is 3.34. The number of rotatable bonds is 4. The number of hydrogen-bond donors (Lipinski definition) is 1. The third kappa shape index (κ3) is 2.73. The van der Waals surface area contributed by atoms with Crippen LogP contribution in [0.4, 0.5) is 11.4 Å². The average Bonchev–Trinajstić information content (AvgIpc) is 3.20. The van der Waals surface area contributed by atoms with E-state index in [0.29, 0.717) is 47.6 Å². The van der Waals surface area contributed by atoms with E-state index in [9.17, 15) is 19.7 Å². The molecule has 0 aliphatic carbocycles. The van der Waals surface area contributed by atoms with Gasteiger partial charge in [-0.1, -0.05) is 13.0 Å². The van der Waals surface area contributed by atoms with Crippen LogP contribution >= 0.6 is 0 Å². The molecule has 1 aliphatic rings. The number of anilines is 1. The molecule has 1 aromatic carbocycles. The van der Waals surface area contributed by atoms with E-state index in [1.54, 1.807) is 13.0 Å². The Hall–Kier alpha value is -3.16. The minimum absolute atomic E-state index is 0.0591. The van der Waals surface area contributed by atoms with Gasteiger partial charge < -0.3 is 14.6 Å². The molecule has 8 nitrogen and oxygen atoms in total. The smallest absolute Gasteiger partial charge is 0.339 e. The number of nitro groups is 1. The molecule has 1 aromatic heterocycles. The molecule has 1 aliphatic heterocycles. The maximum absolute atomic E-state index is 13.1. The average molecular weight is 357 g/mol. The van der Waals surface area contributed by atoms with E-state index < -0.39 is 10.9 Å². The Kier molecular flexibility index (Phi) is 4.50. The molecule has 136 valence electrons. The van der Waals surface area contributed by atoms with Crippen molar-refractivity contribution in [2.75, 3.05) is 18.6 Å². The molecule has 0 radical (unpaired) electrons. The highest BCUT2D eigenvalue weighted by molar-refractivity contribution is 6.09. The van der Waals surface area contributed by atoms with Crippen molar-refractivity contribution in [1.29, 1.82) is 0 Å². The summed E-state index contributed by atoms with van der Waals surface area (Å²) < 4.78 is 4.82. The molecule has 26 heavy (non-hydrogen) atoms. The highest BCUT2D eigenvalue weighted by atomic mass is 16.6. The Morgan fingerprint density at radius 1 is 1.38 bits per heavy atom. The van der Waals surface area contributed by atoms with Crippen LogP contribution in [-0.4, -0.2) is 35.4 Å². The van der Waals surface area contributed by atoms with Gasteiger partial charge in [-0.2, -0.15) is 0 Å². The standard InChI is InChI=1S/C18H19N3O5/c1-4-13-15(18(23)26-3)10(2)16(19-13)17(22)20-8-7-11-5-6-12(21(24)25)9-14(11)20/h5-6,9,19H,4,7-8H2,1-3H3. The number of carbonyl (C=O) groups excluding carboxylic acids is 2. The van der Waals surface area contributed by atoms with Crippen molar-refractivity contribution < 1.29 is 19.2 Å². The quantitative estimate of drug-likeness (QED) is 0.514. The molecule has 0 unspecified atom stereocenters. The lowest BCUT2D eigenvalue weighted by atomic mass is 10.1. The van der Waals surface area contributed by atoms with Crippen LogP contribution in [0.15, 0.2) is 18.2 Å². The predicted molar refractivity (Wildman–Crippen MR) is 94.7 cm³/mol. The number of methoxy groups -OCH3 is 1. The topological polar surface area (TPSA) is 106 Å². The second kappa shape index (κ2) is 6.62. The molecule has 2 heterocycles. The summed E-state index contributed by atoms with van der Waals surface area (Å²) in [5.74, 6) is -0.807. The number of non-ortho nitro benzene ring substituents is 1. The van der Waals surface area contributed by atoms with Crippen molar-refractivity contribution in [3.8, 4) is 0 Å². The summed E-state index contributed by atoms with van der Waals surface area (Å²) in [4.78, 5) is 40.2. The van der Waals surface area contributed by atoms with Gasteiger partial charge in [-0.25, -0.2) is 4.79 Å². The summed E-state index contributed by atoms with van der Waals surface area (Å²) in [6.45, 7) is 4.00. The summed E-state index contributed by atoms with van der Waals surface area (Å²) in [6.07, 6.45) is 1.17. The van der Waals surface area contributed by atoms with Gasteiger partial charge in [0.1, 0.15) is 5.69 Å². The number of nitrogens with zero attached hydrogens (tertiary/aromatic N) is 2. The molecular weight excluding hydrogens is 338 g/mol. The number of aryl methyl sites for hydroxylation is 1. The minimum Gasteiger partial charge on any atom is -0.465 e. The molecule has 0 saturated heterocycles.